The Morgan fingerprint density at radius 1 is 1.09 bits per heavy atom. The molecule has 0 aliphatic rings. The van der Waals surface area contributed by atoms with Crippen molar-refractivity contribution in [1.82, 2.24) is 4.98 Å². The number of carbonyl (C=O) groups is 1. The highest BCUT2D eigenvalue weighted by molar-refractivity contribution is 7.84. The molecule has 2 N–H and O–H groups in total. The van der Waals surface area contributed by atoms with Crippen LogP contribution in [0, 0.1) is 6.92 Å². The molecule has 0 saturated carbocycles. The summed E-state index contributed by atoms with van der Waals surface area (Å²) >= 11 is 0. The number of aromatic amines is 1. The Labute approximate surface area is 131 Å². The Hall–Kier alpha value is -2.40. The highest BCUT2D eigenvalue weighted by Crippen LogP contribution is 2.20. The van der Waals surface area contributed by atoms with Crippen molar-refractivity contribution in [2.45, 2.75) is 11.8 Å². The van der Waals surface area contributed by atoms with Gasteiger partial charge in [-0.1, -0.05) is 0 Å². The molecule has 1 heterocycles. The van der Waals surface area contributed by atoms with Crippen LogP contribution < -0.4 is 5.32 Å². The van der Waals surface area contributed by atoms with Crippen LogP contribution in [-0.2, 0) is 10.8 Å². The van der Waals surface area contributed by atoms with Crippen molar-refractivity contribution in [3.05, 3.63) is 59.8 Å². The van der Waals surface area contributed by atoms with Crippen LogP contribution >= 0.6 is 0 Å². The zero-order valence-electron chi connectivity index (χ0n) is 12.3. The van der Waals surface area contributed by atoms with E-state index in [1.165, 1.54) is 0 Å². The normalized spacial score (nSPS) is 12.3. The van der Waals surface area contributed by atoms with E-state index in [0.717, 1.165) is 22.3 Å². The third-order valence-electron chi connectivity index (χ3n) is 3.46. The van der Waals surface area contributed by atoms with Crippen molar-refractivity contribution in [2.24, 2.45) is 0 Å². The van der Waals surface area contributed by atoms with Gasteiger partial charge in [-0.05, 0) is 55.5 Å². The van der Waals surface area contributed by atoms with Crippen LogP contribution in [0.15, 0.2) is 53.4 Å². The highest BCUT2D eigenvalue weighted by atomic mass is 32.2. The molecule has 0 unspecified atom stereocenters. The third kappa shape index (κ3) is 2.94. The summed E-state index contributed by atoms with van der Waals surface area (Å²) in [7, 11) is -1.04. The zero-order valence-corrected chi connectivity index (χ0v) is 13.2. The van der Waals surface area contributed by atoms with E-state index in [2.05, 4.69) is 10.3 Å². The van der Waals surface area contributed by atoms with Crippen molar-refractivity contribution >= 4 is 33.3 Å². The summed E-state index contributed by atoms with van der Waals surface area (Å²) in [5.41, 5.74) is 3.42. The van der Waals surface area contributed by atoms with Crippen molar-refractivity contribution < 1.29 is 9.00 Å². The van der Waals surface area contributed by atoms with Gasteiger partial charge in [0.05, 0.1) is 0 Å². The van der Waals surface area contributed by atoms with Crippen LogP contribution in [0.5, 0.6) is 0 Å². The van der Waals surface area contributed by atoms with Gasteiger partial charge in [-0.2, -0.15) is 0 Å². The first kappa shape index (κ1) is 14.5. The summed E-state index contributed by atoms with van der Waals surface area (Å²) in [4.78, 5) is 16.2. The van der Waals surface area contributed by atoms with Crippen LogP contribution in [-0.4, -0.2) is 21.4 Å². The van der Waals surface area contributed by atoms with E-state index in [9.17, 15) is 9.00 Å². The zero-order chi connectivity index (χ0) is 15.7. The van der Waals surface area contributed by atoms with Crippen LogP contribution in [0.25, 0.3) is 10.9 Å². The van der Waals surface area contributed by atoms with E-state index in [1.54, 1.807) is 30.5 Å². The number of hydrogen-bond acceptors (Lipinski definition) is 2. The lowest BCUT2D eigenvalue weighted by molar-refractivity contribution is 0.102. The number of aromatic nitrogens is 1. The molecular weight excluding hydrogens is 296 g/mol. The third-order valence-corrected chi connectivity index (χ3v) is 4.40. The van der Waals surface area contributed by atoms with Gasteiger partial charge in [0.25, 0.3) is 5.91 Å². The van der Waals surface area contributed by atoms with Crippen LogP contribution in [0.4, 0.5) is 5.69 Å². The van der Waals surface area contributed by atoms with Gasteiger partial charge >= 0.3 is 0 Å². The molecule has 112 valence electrons. The number of nitrogens with one attached hydrogen (secondary N) is 2. The minimum Gasteiger partial charge on any atom is -0.359 e. The van der Waals surface area contributed by atoms with Gasteiger partial charge in [0.2, 0.25) is 0 Å². The first-order chi connectivity index (χ1) is 10.5. The van der Waals surface area contributed by atoms with E-state index in [1.807, 2.05) is 31.2 Å². The second-order valence-electron chi connectivity index (χ2n) is 5.19. The molecule has 5 heteroatoms. The number of aryl methyl sites for hydroxylation is 1. The van der Waals surface area contributed by atoms with E-state index in [-0.39, 0.29) is 5.91 Å². The fraction of sp³-hybridized carbons (Fsp3) is 0.118. The van der Waals surface area contributed by atoms with Crippen molar-refractivity contribution in [2.75, 3.05) is 11.6 Å². The van der Waals surface area contributed by atoms with Gasteiger partial charge in [0, 0.05) is 49.8 Å². The van der Waals surface area contributed by atoms with Gasteiger partial charge in [-0.3, -0.25) is 9.00 Å². The summed E-state index contributed by atoms with van der Waals surface area (Å²) in [6.07, 6.45) is 1.61. The number of amides is 1. The van der Waals surface area contributed by atoms with Crippen LogP contribution in [0.2, 0.25) is 0 Å². The van der Waals surface area contributed by atoms with E-state index in [4.69, 9.17) is 0 Å². The molecule has 22 heavy (non-hydrogen) atoms. The molecule has 2 aromatic carbocycles. The molecule has 3 rings (SSSR count). The Balaban J connectivity index is 1.81. The molecule has 0 saturated heterocycles. The molecule has 0 bridgehead atoms. The monoisotopic (exact) mass is 312 g/mol. The van der Waals surface area contributed by atoms with Gasteiger partial charge in [-0.15, -0.1) is 0 Å². The average molecular weight is 312 g/mol. The molecule has 0 aliphatic heterocycles. The smallest absolute Gasteiger partial charge is 0.255 e. The molecule has 0 aliphatic carbocycles. The Bertz CT molecular complexity index is 866. The lowest BCUT2D eigenvalue weighted by Gasteiger charge is -2.06. The van der Waals surface area contributed by atoms with E-state index in [0.29, 0.717) is 10.5 Å². The number of H-pyrrole nitrogens is 1. The maximum Gasteiger partial charge on any atom is 0.255 e. The lowest BCUT2D eigenvalue weighted by atomic mass is 10.2. The highest BCUT2D eigenvalue weighted by Gasteiger charge is 2.08. The van der Waals surface area contributed by atoms with Gasteiger partial charge in [0.15, 0.2) is 0 Å². The molecule has 3 aromatic rings. The molecule has 1 aromatic heterocycles. The minimum atomic E-state index is -1.04. The number of hydrogen-bond donors (Lipinski definition) is 2. The SMILES string of the molecule is Cc1cc2cc(NC(=O)c3ccc([S@](C)=O)cc3)ccc2[nH]1. The summed E-state index contributed by atoms with van der Waals surface area (Å²) in [5, 5.41) is 3.94. The molecule has 0 fully saturated rings. The largest absolute Gasteiger partial charge is 0.359 e. The molecule has 0 spiro atoms. The number of carbonyl (C=O) groups excluding carboxylic acids is 1. The van der Waals surface area contributed by atoms with Gasteiger partial charge in [0.1, 0.15) is 0 Å². The Morgan fingerprint density at radius 3 is 2.50 bits per heavy atom. The van der Waals surface area contributed by atoms with Crippen molar-refractivity contribution in [3.63, 3.8) is 0 Å². The molecule has 1 atom stereocenters. The first-order valence-electron chi connectivity index (χ1n) is 6.87. The molecular formula is C17H16N2O2S. The van der Waals surface area contributed by atoms with Crippen LogP contribution in [0.3, 0.4) is 0 Å². The predicted molar refractivity (Wildman–Crippen MR) is 89.8 cm³/mol. The van der Waals surface area contributed by atoms with Gasteiger partial charge in [-0.25, -0.2) is 0 Å². The van der Waals surface area contributed by atoms with E-state index < -0.39 is 10.8 Å². The second-order valence-corrected chi connectivity index (χ2v) is 6.57. The summed E-state index contributed by atoms with van der Waals surface area (Å²) in [6, 6.07) is 14.6. The van der Waals surface area contributed by atoms with Crippen molar-refractivity contribution in [1.29, 1.82) is 0 Å². The topological polar surface area (TPSA) is 62.0 Å². The number of fused-ring (bicyclic) bond motifs is 1. The summed E-state index contributed by atoms with van der Waals surface area (Å²) in [6.45, 7) is 2.00. The number of benzene rings is 2. The average Bonchev–Trinajstić information content (AvgIpc) is 2.86. The Morgan fingerprint density at radius 2 is 1.82 bits per heavy atom. The fourth-order valence-electron chi connectivity index (χ4n) is 2.36. The van der Waals surface area contributed by atoms with Gasteiger partial charge < -0.3 is 10.3 Å². The Kier molecular flexibility index (Phi) is 3.81. The number of anilines is 1. The number of rotatable bonds is 3. The van der Waals surface area contributed by atoms with E-state index >= 15 is 0 Å². The lowest BCUT2D eigenvalue weighted by Crippen LogP contribution is -2.11. The second kappa shape index (κ2) is 5.77. The fourth-order valence-corrected chi connectivity index (χ4v) is 2.88. The molecule has 0 radical (unpaired) electrons. The molecule has 1 amide bonds. The first-order valence-corrected chi connectivity index (χ1v) is 8.43. The maximum absolute atomic E-state index is 12.2. The minimum absolute atomic E-state index is 0.181. The maximum atomic E-state index is 12.2. The standard InChI is InChI=1S/C17H16N2O2S/c1-11-9-13-10-14(5-8-16(13)18-11)19-17(20)12-3-6-15(7-4-12)22(2)21/h3-10,18H,1-2H3,(H,19,20)/t22-/m0/s1. The van der Waals surface area contributed by atoms with Crippen molar-refractivity contribution in [3.8, 4) is 0 Å². The molecule has 4 nitrogen and oxygen atoms in total. The summed E-state index contributed by atoms with van der Waals surface area (Å²) < 4.78 is 11.4. The predicted octanol–water partition coefficient (Wildman–Crippen LogP) is 3.47. The summed E-state index contributed by atoms with van der Waals surface area (Å²) in [5.74, 6) is -0.181. The van der Waals surface area contributed by atoms with Crippen LogP contribution in [0.1, 0.15) is 16.1 Å². The quantitative estimate of drug-likeness (QED) is 0.778.